The van der Waals surface area contributed by atoms with Crippen LogP contribution in [0.2, 0.25) is 0 Å². The molecule has 0 N–H and O–H groups in total. The summed E-state index contributed by atoms with van der Waals surface area (Å²) in [4.78, 5) is 22.0. The standard InChI is InChI=1S/C16H21N3O4S/c1-11-7-13(11)14(20)19-9-16(10-19)12(3-6-24(16,21)22)8-23-15-17-4-2-5-18-15/h2,4-5,11-13H,3,6-10H2,1H3/t11-,12+,13+/m1/s1. The number of rotatable bonds is 4. The molecule has 3 heterocycles. The number of sulfone groups is 1. The van der Waals surface area contributed by atoms with Gasteiger partial charge in [-0.3, -0.25) is 4.79 Å². The van der Waals surface area contributed by atoms with Crippen molar-refractivity contribution in [1.82, 2.24) is 14.9 Å². The van der Waals surface area contributed by atoms with Crippen LogP contribution in [0.15, 0.2) is 18.5 Å². The van der Waals surface area contributed by atoms with Crippen molar-refractivity contribution in [2.45, 2.75) is 24.5 Å². The first-order valence-electron chi connectivity index (χ1n) is 8.34. The Morgan fingerprint density at radius 1 is 1.38 bits per heavy atom. The van der Waals surface area contributed by atoms with Gasteiger partial charge in [0, 0.05) is 37.3 Å². The van der Waals surface area contributed by atoms with E-state index in [1.54, 1.807) is 23.4 Å². The first-order chi connectivity index (χ1) is 11.4. The third kappa shape index (κ3) is 2.39. The van der Waals surface area contributed by atoms with Crippen LogP contribution in [0.1, 0.15) is 19.8 Å². The molecule has 1 aromatic rings. The van der Waals surface area contributed by atoms with E-state index in [1.807, 2.05) is 0 Å². The number of likely N-dealkylation sites (tertiary alicyclic amines) is 1. The van der Waals surface area contributed by atoms with Gasteiger partial charge in [-0.2, -0.15) is 0 Å². The van der Waals surface area contributed by atoms with Crippen molar-refractivity contribution >= 4 is 15.7 Å². The Labute approximate surface area is 141 Å². The number of hydrogen-bond donors (Lipinski definition) is 0. The molecule has 4 rings (SSSR count). The topological polar surface area (TPSA) is 89.5 Å². The van der Waals surface area contributed by atoms with E-state index in [1.165, 1.54) is 0 Å². The second-order valence-electron chi connectivity index (χ2n) is 7.23. The van der Waals surface area contributed by atoms with E-state index >= 15 is 0 Å². The molecule has 1 aromatic heterocycles. The van der Waals surface area contributed by atoms with Crippen LogP contribution in [0.3, 0.4) is 0 Å². The fourth-order valence-electron chi connectivity index (χ4n) is 3.90. The van der Waals surface area contributed by atoms with E-state index in [-0.39, 0.29) is 36.1 Å². The monoisotopic (exact) mass is 351 g/mol. The number of amides is 1. The van der Waals surface area contributed by atoms with Crippen molar-refractivity contribution < 1.29 is 17.9 Å². The Hall–Kier alpha value is -1.70. The first-order valence-corrected chi connectivity index (χ1v) is 9.99. The number of ether oxygens (including phenoxy) is 1. The number of nitrogens with zero attached hydrogens (tertiary/aromatic N) is 3. The van der Waals surface area contributed by atoms with Crippen molar-refractivity contribution in [3.05, 3.63) is 18.5 Å². The van der Waals surface area contributed by atoms with Crippen LogP contribution in [-0.4, -0.2) is 59.4 Å². The van der Waals surface area contributed by atoms with Gasteiger partial charge >= 0.3 is 6.01 Å². The number of hydrogen-bond acceptors (Lipinski definition) is 6. The molecule has 1 spiro atoms. The molecule has 1 saturated carbocycles. The van der Waals surface area contributed by atoms with Crippen LogP contribution in [0, 0.1) is 17.8 Å². The summed E-state index contributed by atoms with van der Waals surface area (Å²) in [6, 6.07) is 1.96. The highest BCUT2D eigenvalue weighted by Crippen LogP contribution is 2.47. The third-order valence-corrected chi connectivity index (χ3v) is 8.31. The maximum atomic E-state index is 12.6. The van der Waals surface area contributed by atoms with Gasteiger partial charge in [-0.05, 0) is 24.8 Å². The van der Waals surface area contributed by atoms with Crippen LogP contribution in [-0.2, 0) is 14.6 Å². The summed E-state index contributed by atoms with van der Waals surface area (Å²) in [6.07, 6.45) is 4.66. The van der Waals surface area contributed by atoms with Crippen molar-refractivity contribution in [3.63, 3.8) is 0 Å². The molecule has 7 nitrogen and oxygen atoms in total. The van der Waals surface area contributed by atoms with E-state index < -0.39 is 14.6 Å². The lowest BCUT2D eigenvalue weighted by molar-refractivity contribution is -0.139. The molecular weight excluding hydrogens is 330 g/mol. The Morgan fingerprint density at radius 3 is 2.67 bits per heavy atom. The van der Waals surface area contributed by atoms with Gasteiger partial charge in [-0.15, -0.1) is 0 Å². The highest BCUT2D eigenvalue weighted by molar-refractivity contribution is 7.93. The van der Waals surface area contributed by atoms with Crippen LogP contribution in [0.4, 0.5) is 0 Å². The van der Waals surface area contributed by atoms with Gasteiger partial charge in [0.25, 0.3) is 0 Å². The fourth-order valence-corrected chi connectivity index (χ4v) is 6.30. The highest BCUT2D eigenvalue weighted by Gasteiger charge is 2.63. The van der Waals surface area contributed by atoms with Gasteiger partial charge in [0.1, 0.15) is 4.75 Å². The van der Waals surface area contributed by atoms with Gasteiger partial charge in [-0.25, -0.2) is 18.4 Å². The molecule has 24 heavy (non-hydrogen) atoms. The fraction of sp³-hybridized carbons (Fsp3) is 0.688. The van der Waals surface area contributed by atoms with Crippen LogP contribution < -0.4 is 4.74 Å². The molecule has 0 bridgehead atoms. The van der Waals surface area contributed by atoms with Gasteiger partial charge in [0.05, 0.1) is 12.4 Å². The molecule has 3 fully saturated rings. The van der Waals surface area contributed by atoms with E-state index in [2.05, 4.69) is 16.9 Å². The van der Waals surface area contributed by atoms with Crippen LogP contribution in [0.25, 0.3) is 0 Å². The zero-order valence-electron chi connectivity index (χ0n) is 13.6. The molecule has 0 aromatic carbocycles. The average Bonchev–Trinajstić information content (AvgIpc) is 3.18. The predicted molar refractivity (Wildman–Crippen MR) is 86.0 cm³/mol. The summed E-state index contributed by atoms with van der Waals surface area (Å²) in [5.41, 5.74) is 0. The summed E-state index contributed by atoms with van der Waals surface area (Å²) >= 11 is 0. The highest BCUT2D eigenvalue weighted by atomic mass is 32.2. The lowest BCUT2D eigenvalue weighted by Crippen LogP contribution is -2.69. The Morgan fingerprint density at radius 2 is 2.04 bits per heavy atom. The Kier molecular flexibility index (Phi) is 3.56. The molecule has 3 atom stereocenters. The molecular formula is C16H21N3O4S. The molecule has 0 unspecified atom stereocenters. The summed E-state index contributed by atoms with van der Waals surface area (Å²) in [6.45, 7) is 2.94. The van der Waals surface area contributed by atoms with Crippen molar-refractivity contribution in [1.29, 1.82) is 0 Å². The van der Waals surface area contributed by atoms with Crippen molar-refractivity contribution in [2.75, 3.05) is 25.4 Å². The second kappa shape index (κ2) is 5.40. The van der Waals surface area contributed by atoms with E-state index in [4.69, 9.17) is 4.74 Å². The SMILES string of the molecule is C[C@@H]1C[C@@H]1C(=O)N1CC2(C1)[C@H](COc1ncccn1)CCS2(=O)=O. The minimum atomic E-state index is -3.20. The van der Waals surface area contributed by atoms with Crippen LogP contribution >= 0.6 is 0 Å². The predicted octanol–water partition coefficient (Wildman–Crippen LogP) is 0.527. The van der Waals surface area contributed by atoms with Gasteiger partial charge in [-0.1, -0.05) is 6.92 Å². The average molecular weight is 351 g/mol. The summed E-state index contributed by atoms with van der Waals surface area (Å²) in [5, 5.41) is 0. The lowest BCUT2D eigenvalue weighted by Gasteiger charge is -2.49. The Balaban J connectivity index is 1.44. The molecule has 1 aliphatic carbocycles. The number of aromatic nitrogens is 2. The van der Waals surface area contributed by atoms with E-state index in [0.29, 0.717) is 25.4 Å². The summed E-state index contributed by atoms with van der Waals surface area (Å²) < 4.78 is 29.9. The maximum Gasteiger partial charge on any atom is 0.316 e. The summed E-state index contributed by atoms with van der Waals surface area (Å²) in [5.74, 6) is 0.689. The minimum Gasteiger partial charge on any atom is -0.463 e. The normalized spacial score (nSPS) is 32.4. The molecule has 0 radical (unpaired) electrons. The Bertz CT molecular complexity index is 746. The molecule has 3 aliphatic rings. The van der Waals surface area contributed by atoms with Crippen molar-refractivity contribution in [3.8, 4) is 6.01 Å². The largest absolute Gasteiger partial charge is 0.463 e. The zero-order chi connectivity index (χ0) is 16.9. The molecule has 1 amide bonds. The molecule has 2 saturated heterocycles. The molecule has 8 heteroatoms. The minimum absolute atomic E-state index is 0.0962. The lowest BCUT2D eigenvalue weighted by atomic mass is 9.83. The van der Waals surface area contributed by atoms with Crippen LogP contribution in [0.5, 0.6) is 6.01 Å². The second-order valence-corrected chi connectivity index (χ2v) is 9.68. The summed E-state index contributed by atoms with van der Waals surface area (Å²) in [7, 11) is -3.20. The quantitative estimate of drug-likeness (QED) is 0.786. The van der Waals surface area contributed by atoms with Gasteiger partial charge in [0.2, 0.25) is 5.91 Å². The molecule has 130 valence electrons. The van der Waals surface area contributed by atoms with Crippen molar-refractivity contribution in [2.24, 2.45) is 17.8 Å². The molecule has 2 aliphatic heterocycles. The smallest absolute Gasteiger partial charge is 0.316 e. The maximum absolute atomic E-state index is 12.6. The van der Waals surface area contributed by atoms with E-state index in [9.17, 15) is 13.2 Å². The third-order valence-electron chi connectivity index (χ3n) is 5.71. The first kappa shape index (κ1) is 15.8. The zero-order valence-corrected chi connectivity index (χ0v) is 14.4. The van der Waals surface area contributed by atoms with E-state index in [0.717, 1.165) is 6.42 Å². The number of carbonyl (C=O) groups is 1. The van der Waals surface area contributed by atoms with Gasteiger partial charge in [0.15, 0.2) is 9.84 Å². The number of carbonyl (C=O) groups excluding carboxylic acids is 1. The van der Waals surface area contributed by atoms with Gasteiger partial charge < -0.3 is 9.64 Å².